The lowest BCUT2D eigenvalue weighted by molar-refractivity contribution is -0.384. The number of aromatic carboxylic acids is 1. The molecule has 2 N–H and O–H groups in total. The van der Waals surface area contributed by atoms with Crippen molar-refractivity contribution in [3.63, 3.8) is 0 Å². The predicted octanol–water partition coefficient (Wildman–Crippen LogP) is 4.11. The van der Waals surface area contributed by atoms with Crippen molar-refractivity contribution in [3.8, 4) is 0 Å². The van der Waals surface area contributed by atoms with E-state index in [9.17, 15) is 20.0 Å². The van der Waals surface area contributed by atoms with E-state index in [4.69, 9.17) is 0 Å². The first-order valence-corrected chi connectivity index (χ1v) is 6.72. The molecule has 0 saturated heterocycles. The van der Waals surface area contributed by atoms with Crippen LogP contribution in [0.1, 0.15) is 15.9 Å². The molecule has 0 aliphatic rings. The van der Waals surface area contributed by atoms with E-state index in [0.717, 1.165) is 16.1 Å². The molecule has 0 bridgehead atoms. The zero-order chi connectivity index (χ0) is 15.6. The highest BCUT2D eigenvalue weighted by molar-refractivity contribution is 9.10. The van der Waals surface area contributed by atoms with Gasteiger partial charge in [-0.25, -0.2) is 4.79 Å². The number of carboxylic acid groups (broad SMARTS) is 1. The lowest BCUT2D eigenvalue weighted by Crippen LogP contribution is -2.04. The summed E-state index contributed by atoms with van der Waals surface area (Å²) in [6, 6.07) is 9.23. The van der Waals surface area contributed by atoms with Crippen molar-refractivity contribution in [2.24, 2.45) is 0 Å². The minimum Gasteiger partial charge on any atom is -0.478 e. The number of non-ortho nitro benzene ring substituents is 1. The van der Waals surface area contributed by atoms with Crippen molar-refractivity contribution in [2.75, 3.05) is 5.32 Å². The number of carbonyl (C=O) groups is 1. The van der Waals surface area contributed by atoms with Crippen LogP contribution in [0.25, 0.3) is 0 Å². The molecule has 0 amide bonds. The van der Waals surface area contributed by atoms with Crippen LogP contribution in [-0.2, 0) is 0 Å². The van der Waals surface area contributed by atoms with E-state index in [1.165, 1.54) is 12.1 Å². The molecule has 21 heavy (non-hydrogen) atoms. The van der Waals surface area contributed by atoms with E-state index in [1.807, 2.05) is 19.1 Å². The Bertz CT molecular complexity index is 731. The monoisotopic (exact) mass is 350 g/mol. The Morgan fingerprint density at radius 2 is 1.90 bits per heavy atom. The number of anilines is 2. The third-order valence-corrected chi connectivity index (χ3v) is 3.49. The molecule has 2 rings (SSSR count). The second-order valence-electron chi connectivity index (χ2n) is 4.40. The van der Waals surface area contributed by atoms with Crippen molar-refractivity contribution < 1.29 is 14.8 Å². The van der Waals surface area contributed by atoms with E-state index in [-0.39, 0.29) is 16.9 Å². The Kier molecular flexibility index (Phi) is 4.23. The molecule has 2 aromatic rings. The number of carboxylic acids is 1. The third-order valence-electron chi connectivity index (χ3n) is 2.84. The maximum atomic E-state index is 11.3. The summed E-state index contributed by atoms with van der Waals surface area (Å²) < 4.78 is 0.775. The van der Waals surface area contributed by atoms with Gasteiger partial charge in [0.2, 0.25) is 0 Å². The van der Waals surface area contributed by atoms with Crippen LogP contribution in [0.4, 0.5) is 17.1 Å². The molecule has 0 fully saturated rings. The summed E-state index contributed by atoms with van der Waals surface area (Å²) in [7, 11) is 0. The van der Waals surface area contributed by atoms with Crippen LogP contribution in [-0.4, -0.2) is 16.0 Å². The standard InChI is InChI=1S/C14H11BrN2O4/c1-8-2-4-13(11(15)6-8)16-12-5-3-9(17(20)21)7-10(12)14(18)19/h2-7,16H,1H3,(H,18,19). The smallest absolute Gasteiger partial charge is 0.338 e. The number of benzene rings is 2. The van der Waals surface area contributed by atoms with Crippen molar-refractivity contribution in [2.45, 2.75) is 6.92 Å². The maximum Gasteiger partial charge on any atom is 0.338 e. The van der Waals surface area contributed by atoms with Crippen LogP contribution in [0.5, 0.6) is 0 Å². The molecule has 0 unspecified atom stereocenters. The van der Waals surface area contributed by atoms with Crippen molar-refractivity contribution in [3.05, 3.63) is 62.1 Å². The van der Waals surface area contributed by atoms with Crippen LogP contribution in [0.3, 0.4) is 0 Å². The minimum absolute atomic E-state index is 0.156. The van der Waals surface area contributed by atoms with Crippen LogP contribution < -0.4 is 5.32 Å². The molecule has 0 radical (unpaired) electrons. The number of nitrogens with zero attached hydrogens (tertiary/aromatic N) is 1. The third kappa shape index (κ3) is 3.38. The van der Waals surface area contributed by atoms with Gasteiger partial charge in [0.05, 0.1) is 21.9 Å². The van der Waals surface area contributed by atoms with Gasteiger partial charge in [-0.1, -0.05) is 6.07 Å². The number of nitro groups is 1. The van der Waals surface area contributed by atoms with Gasteiger partial charge in [-0.3, -0.25) is 10.1 Å². The highest BCUT2D eigenvalue weighted by Gasteiger charge is 2.16. The zero-order valence-electron chi connectivity index (χ0n) is 11.0. The predicted molar refractivity (Wildman–Crippen MR) is 82.2 cm³/mol. The van der Waals surface area contributed by atoms with Crippen LogP contribution in [0.15, 0.2) is 40.9 Å². The fraction of sp³-hybridized carbons (Fsp3) is 0.0714. The van der Waals surface area contributed by atoms with Gasteiger partial charge < -0.3 is 10.4 Å². The lowest BCUT2D eigenvalue weighted by Gasteiger charge is -2.11. The molecule has 108 valence electrons. The highest BCUT2D eigenvalue weighted by Crippen LogP contribution is 2.30. The summed E-state index contributed by atoms with van der Waals surface area (Å²) in [5.41, 5.74) is 1.60. The Morgan fingerprint density at radius 1 is 1.24 bits per heavy atom. The van der Waals surface area contributed by atoms with E-state index in [0.29, 0.717) is 5.69 Å². The molecular weight excluding hydrogens is 340 g/mol. The second kappa shape index (κ2) is 5.92. The van der Waals surface area contributed by atoms with Crippen LogP contribution >= 0.6 is 15.9 Å². The molecule has 0 atom stereocenters. The maximum absolute atomic E-state index is 11.3. The SMILES string of the molecule is Cc1ccc(Nc2ccc([N+](=O)[O-])cc2C(=O)O)c(Br)c1. The van der Waals surface area contributed by atoms with Crippen LogP contribution in [0.2, 0.25) is 0 Å². The van der Waals surface area contributed by atoms with E-state index >= 15 is 0 Å². The topological polar surface area (TPSA) is 92.5 Å². The van der Waals surface area contributed by atoms with Gasteiger partial charge in [0.15, 0.2) is 0 Å². The van der Waals surface area contributed by atoms with Gasteiger partial charge in [0, 0.05) is 16.6 Å². The number of hydrogen-bond acceptors (Lipinski definition) is 4. The van der Waals surface area contributed by atoms with E-state index in [1.54, 1.807) is 6.07 Å². The minimum atomic E-state index is -1.23. The Hall–Kier alpha value is -2.41. The fourth-order valence-electron chi connectivity index (χ4n) is 1.80. The molecule has 7 heteroatoms. The molecule has 6 nitrogen and oxygen atoms in total. The summed E-state index contributed by atoms with van der Waals surface area (Å²) in [6.07, 6.45) is 0. The fourth-order valence-corrected chi connectivity index (χ4v) is 2.39. The molecule has 0 spiro atoms. The van der Waals surface area contributed by atoms with Gasteiger partial charge in [-0.2, -0.15) is 0 Å². The number of hydrogen-bond donors (Lipinski definition) is 2. The largest absolute Gasteiger partial charge is 0.478 e. The van der Waals surface area contributed by atoms with Gasteiger partial charge >= 0.3 is 5.97 Å². The number of halogens is 1. The summed E-state index contributed by atoms with van der Waals surface area (Å²) in [5.74, 6) is -1.23. The molecule has 0 aliphatic carbocycles. The molecule has 0 heterocycles. The van der Waals surface area contributed by atoms with Gasteiger partial charge in [0.25, 0.3) is 5.69 Å². The number of rotatable bonds is 4. The second-order valence-corrected chi connectivity index (χ2v) is 5.25. The average molecular weight is 351 g/mol. The molecule has 2 aromatic carbocycles. The lowest BCUT2D eigenvalue weighted by atomic mass is 10.1. The van der Waals surface area contributed by atoms with Crippen molar-refractivity contribution in [1.82, 2.24) is 0 Å². The molecule has 0 aliphatic heterocycles. The van der Waals surface area contributed by atoms with Gasteiger partial charge in [0.1, 0.15) is 0 Å². The van der Waals surface area contributed by atoms with Gasteiger partial charge in [-0.05, 0) is 46.6 Å². The molecule has 0 saturated carbocycles. The first-order chi connectivity index (χ1) is 9.88. The summed E-state index contributed by atoms with van der Waals surface area (Å²) >= 11 is 3.39. The summed E-state index contributed by atoms with van der Waals surface area (Å²) in [4.78, 5) is 21.3. The Balaban J connectivity index is 2.44. The van der Waals surface area contributed by atoms with E-state index < -0.39 is 10.9 Å². The number of nitro benzene ring substituents is 1. The van der Waals surface area contributed by atoms with Gasteiger partial charge in [-0.15, -0.1) is 0 Å². The van der Waals surface area contributed by atoms with Crippen LogP contribution in [0, 0.1) is 17.0 Å². The number of aryl methyl sites for hydroxylation is 1. The van der Waals surface area contributed by atoms with Crippen molar-refractivity contribution in [1.29, 1.82) is 0 Å². The van der Waals surface area contributed by atoms with E-state index in [2.05, 4.69) is 21.2 Å². The first-order valence-electron chi connectivity index (χ1n) is 5.93. The normalized spacial score (nSPS) is 10.2. The zero-order valence-corrected chi connectivity index (χ0v) is 12.5. The Morgan fingerprint density at radius 3 is 2.48 bits per heavy atom. The number of nitrogens with one attached hydrogen (secondary N) is 1. The molecular formula is C14H11BrN2O4. The highest BCUT2D eigenvalue weighted by atomic mass is 79.9. The average Bonchev–Trinajstić information content (AvgIpc) is 2.41. The summed E-state index contributed by atoms with van der Waals surface area (Å²) in [6.45, 7) is 1.93. The molecule has 0 aromatic heterocycles. The van der Waals surface area contributed by atoms with Crippen molar-refractivity contribution >= 4 is 39.0 Å². The summed E-state index contributed by atoms with van der Waals surface area (Å²) in [5, 5.41) is 22.9. The first kappa shape index (κ1) is 15.0. The quantitative estimate of drug-likeness (QED) is 0.639. The Labute approximate surface area is 128 Å².